The van der Waals surface area contributed by atoms with Crippen molar-refractivity contribution in [1.29, 1.82) is 0 Å². The van der Waals surface area contributed by atoms with Gasteiger partial charge in [0.1, 0.15) is 0 Å². The molecule has 2 atom stereocenters. The van der Waals surface area contributed by atoms with Crippen molar-refractivity contribution in [2.45, 2.75) is 38.8 Å². The normalized spacial score (nSPS) is 14.4. The first-order chi connectivity index (χ1) is 12.6. The van der Waals surface area contributed by atoms with Crippen LogP contribution in [0, 0.1) is 0 Å². The van der Waals surface area contributed by atoms with Gasteiger partial charge in [0.05, 0.1) is 39.1 Å². The van der Waals surface area contributed by atoms with E-state index < -0.39 is 0 Å². The van der Waals surface area contributed by atoms with Crippen molar-refractivity contribution in [2.75, 3.05) is 39.6 Å². The number of ether oxygens (including phenoxy) is 2. The number of aliphatic hydroxyl groups is 2. The lowest BCUT2D eigenvalue weighted by Crippen LogP contribution is -2.31. The van der Waals surface area contributed by atoms with Crippen molar-refractivity contribution in [3.8, 4) is 0 Å². The van der Waals surface area contributed by atoms with Gasteiger partial charge in [-0.05, 0) is 44.4 Å². The zero-order valence-electron chi connectivity index (χ0n) is 15.8. The highest BCUT2D eigenvalue weighted by Gasteiger charge is 2.13. The molecule has 0 aromatic heterocycles. The maximum Gasteiger partial charge on any atom is 0.0950 e. The van der Waals surface area contributed by atoms with E-state index in [9.17, 15) is 0 Å². The lowest BCUT2D eigenvalue weighted by Gasteiger charge is -2.21. The summed E-state index contributed by atoms with van der Waals surface area (Å²) in [5, 5.41) is 21.9. The maximum absolute atomic E-state index is 9.04. The Hall–Kier alpha value is -0.950. The molecule has 0 bridgehead atoms. The molecular weight excluding hydrogens is 354 g/mol. The molecule has 1 rings (SSSR count). The number of rotatable bonds is 14. The summed E-state index contributed by atoms with van der Waals surface area (Å²) in [4.78, 5) is 0. The first-order valence-electron chi connectivity index (χ1n) is 9.12. The zero-order chi connectivity index (χ0) is 19.2. The average Bonchev–Trinajstić information content (AvgIpc) is 2.62. The Morgan fingerprint density at radius 1 is 1.27 bits per heavy atom. The molecule has 0 amide bonds. The summed E-state index contributed by atoms with van der Waals surface area (Å²) < 4.78 is 11.1. The molecular formula is C20H32ClNO4. The van der Waals surface area contributed by atoms with Gasteiger partial charge in [-0.2, -0.15) is 0 Å². The van der Waals surface area contributed by atoms with Gasteiger partial charge in [-0.25, -0.2) is 0 Å². The monoisotopic (exact) mass is 385 g/mol. The van der Waals surface area contributed by atoms with Crippen LogP contribution in [0.25, 0.3) is 0 Å². The molecule has 0 radical (unpaired) electrons. The third-order valence-corrected chi connectivity index (χ3v) is 4.18. The van der Waals surface area contributed by atoms with E-state index >= 15 is 0 Å². The molecule has 2 unspecified atom stereocenters. The predicted octanol–water partition coefficient (Wildman–Crippen LogP) is 3.10. The highest BCUT2D eigenvalue weighted by molar-refractivity contribution is 6.30. The van der Waals surface area contributed by atoms with Crippen LogP contribution in [0.2, 0.25) is 5.02 Å². The largest absolute Gasteiger partial charge is 0.394 e. The molecule has 0 spiro atoms. The fourth-order valence-electron chi connectivity index (χ4n) is 2.52. The van der Waals surface area contributed by atoms with Crippen molar-refractivity contribution in [3.05, 3.63) is 46.5 Å². The van der Waals surface area contributed by atoms with Crippen LogP contribution < -0.4 is 5.32 Å². The lowest BCUT2D eigenvalue weighted by molar-refractivity contribution is 0.0267. The molecule has 0 fully saturated rings. The van der Waals surface area contributed by atoms with Crippen LogP contribution >= 0.6 is 11.6 Å². The number of benzene rings is 1. The molecule has 0 aliphatic carbocycles. The second-order valence-corrected chi connectivity index (χ2v) is 6.79. The number of allylic oxidation sites excluding steroid dienone is 1. The Balaban J connectivity index is 2.41. The lowest BCUT2D eigenvalue weighted by atomic mass is 10.1. The Bertz CT molecular complexity index is 524. The van der Waals surface area contributed by atoms with Crippen LogP contribution in [-0.2, 0) is 9.47 Å². The van der Waals surface area contributed by atoms with Gasteiger partial charge in [-0.1, -0.05) is 35.4 Å². The second-order valence-electron chi connectivity index (χ2n) is 6.35. The quantitative estimate of drug-likeness (QED) is 0.339. The molecule has 0 aliphatic heterocycles. The van der Waals surface area contributed by atoms with E-state index in [0.29, 0.717) is 37.4 Å². The summed E-state index contributed by atoms with van der Waals surface area (Å²) in [6, 6.07) is 7.95. The highest BCUT2D eigenvalue weighted by Crippen LogP contribution is 2.20. The highest BCUT2D eigenvalue weighted by atomic mass is 35.5. The van der Waals surface area contributed by atoms with Crippen LogP contribution in [0.3, 0.4) is 0 Å². The maximum atomic E-state index is 9.04. The third kappa shape index (κ3) is 10.3. The topological polar surface area (TPSA) is 71.0 Å². The van der Waals surface area contributed by atoms with Crippen LogP contribution in [0.15, 0.2) is 35.9 Å². The predicted molar refractivity (Wildman–Crippen MR) is 106 cm³/mol. The smallest absolute Gasteiger partial charge is 0.0950 e. The number of hydrogen-bond acceptors (Lipinski definition) is 5. The Kier molecular flexibility index (Phi) is 12.6. The minimum Gasteiger partial charge on any atom is -0.394 e. The van der Waals surface area contributed by atoms with Crippen molar-refractivity contribution in [1.82, 2.24) is 5.32 Å². The molecule has 0 saturated carbocycles. The van der Waals surface area contributed by atoms with Gasteiger partial charge in [0.15, 0.2) is 0 Å². The van der Waals surface area contributed by atoms with E-state index in [1.54, 1.807) is 0 Å². The van der Waals surface area contributed by atoms with Gasteiger partial charge in [0.2, 0.25) is 0 Å². The average molecular weight is 386 g/mol. The SMILES string of the molecule is CC(=CCCC(C)NCC(OCCO)c1cccc(Cl)c1)COCCO. The summed E-state index contributed by atoms with van der Waals surface area (Å²) in [5.41, 5.74) is 2.18. The van der Waals surface area contributed by atoms with Crippen molar-refractivity contribution in [3.63, 3.8) is 0 Å². The van der Waals surface area contributed by atoms with Crippen molar-refractivity contribution >= 4 is 11.6 Å². The molecule has 0 heterocycles. The zero-order valence-corrected chi connectivity index (χ0v) is 16.5. The summed E-state index contributed by atoms with van der Waals surface area (Å²) in [7, 11) is 0. The van der Waals surface area contributed by atoms with Crippen LogP contribution in [0.5, 0.6) is 0 Å². The molecule has 0 saturated heterocycles. The van der Waals surface area contributed by atoms with E-state index in [-0.39, 0.29) is 19.3 Å². The van der Waals surface area contributed by atoms with E-state index in [1.807, 2.05) is 31.2 Å². The van der Waals surface area contributed by atoms with Gasteiger partial charge in [0.25, 0.3) is 0 Å². The molecule has 3 N–H and O–H groups in total. The summed E-state index contributed by atoms with van der Waals surface area (Å²) >= 11 is 6.07. The van der Waals surface area contributed by atoms with Crippen LogP contribution in [0.1, 0.15) is 38.4 Å². The Morgan fingerprint density at radius 2 is 2.04 bits per heavy atom. The molecule has 1 aromatic rings. The van der Waals surface area contributed by atoms with E-state index in [0.717, 1.165) is 18.4 Å². The summed E-state index contributed by atoms with van der Waals surface area (Å²) in [6.45, 7) is 6.12. The van der Waals surface area contributed by atoms with Gasteiger partial charge >= 0.3 is 0 Å². The number of nitrogens with one attached hydrogen (secondary N) is 1. The first-order valence-corrected chi connectivity index (χ1v) is 9.50. The van der Waals surface area contributed by atoms with Gasteiger partial charge in [0, 0.05) is 17.6 Å². The fraction of sp³-hybridized carbons (Fsp3) is 0.600. The van der Waals surface area contributed by atoms with E-state index in [4.69, 9.17) is 31.3 Å². The standard InChI is InChI=1S/C20H32ClNO4/c1-16(15-25-11-9-23)5-3-6-17(2)22-14-20(26-12-10-24)18-7-4-8-19(21)13-18/h4-5,7-8,13,17,20,22-24H,3,6,9-12,14-15H2,1-2H3. The molecule has 6 heteroatoms. The minimum absolute atomic E-state index is 0.00492. The summed E-state index contributed by atoms with van der Waals surface area (Å²) in [6.07, 6.45) is 3.99. The van der Waals surface area contributed by atoms with Crippen molar-refractivity contribution < 1.29 is 19.7 Å². The molecule has 5 nitrogen and oxygen atoms in total. The molecule has 0 aliphatic rings. The summed E-state index contributed by atoms with van der Waals surface area (Å²) in [5.74, 6) is 0. The minimum atomic E-state index is -0.146. The first kappa shape index (κ1) is 23.1. The van der Waals surface area contributed by atoms with Gasteiger partial charge in [-0.15, -0.1) is 0 Å². The van der Waals surface area contributed by atoms with Crippen molar-refractivity contribution in [2.24, 2.45) is 0 Å². The number of aliphatic hydroxyl groups excluding tert-OH is 2. The number of hydrogen-bond donors (Lipinski definition) is 3. The molecule has 1 aromatic carbocycles. The third-order valence-electron chi connectivity index (χ3n) is 3.94. The molecule has 148 valence electrons. The fourth-order valence-corrected chi connectivity index (χ4v) is 2.72. The second kappa shape index (κ2) is 14.2. The number of halogens is 1. The Morgan fingerprint density at radius 3 is 2.73 bits per heavy atom. The van der Waals surface area contributed by atoms with Gasteiger partial charge in [-0.3, -0.25) is 0 Å². The van der Waals surface area contributed by atoms with Crippen LogP contribution in [-0.4, -0.2) is 55.8 Å². The van der Waals surface area contributed by atoms with E-state index in [2.05, 4.69) is 18.3 Å². The van der Waals surface area contributed by atoms with Gasteiger partial charge < -0.3 is 25.0 Å². The van der Waals surface area contributed by atoms with Crippen LogP contribution in [0.4, 0.5) is 0 Å². The molecule has 26 heavy (non-hydrogen) atoms. The Labute approximate surface area is 162 Å². The van der Waals surface area contributed by atoms with E-state index in [1.165, 1.54) is 5.57 Å².